The third-order valence-corrected chi connectivity index (χ3v) is 5.23. The zero-order chi connectivity index (χ0) is 11.5. The average molecular weight is 229 g/mol. The Bertz CT molecular complexity index is 458. The van der Waals surface area contributed by atoms with Crippen molar-refractivity contribution in [1.29, 1.82) is 0 Å². The number of nitrogens with one attached hydrogen (secondary N) is 1. The molecule has 2 aliphatic carbocycles. The van der Waals surface area contributed by atoms with E-state index in [1.165, 1.54) is 30.4 Å². The van der Waals surface area contributed by atoms with Crippen molar-refractivity contribution in [3.05, 3.63) is 35.4 Å². The first-order valence-corrected chi connectivity index (χ1v) is 6.81. The fourth-order valence-electron chi connectivity index (χ4n) is 4.44. The molecule has 0 aromatic heterocycles. The Kier molecular flexibility index (Phi) is 1.98. The van der Waals surface area contributed by atoms with E-state index in [1.807, 2.05) is 0 Å². The third-order valence-electron chi connectivity index (χ3n) is 5.23. The first-order chi connectivity index (χ1) is 8.27. The predicted molar refractivity (Wildman–Crippen MR) is 66.4 cm³/mol. The normalized spacial score (nSPS) is 43.0. The molecule has 90 valence electrons. The fraction of sp³-hybridized carbons (Fsp3) is 0.600. The monoisotopic (exact) mass is 229 g/mol. The minimum absolute atomic E-state index is 0.175. The van der Waals surface area contributed by atoms with E-state index in [-0.39, 0.29) is 6.04 Å². The second-order valence-corrected chi connectivity index (χ2v) is 6.08. The number of rotatable bonds is 1. The van der Waals surface area contributed by atoms with Crippen LogP contribution in [0.15, 0.2) is 24.3 Å². The summed E-state index contributed by atoms with van der Waals surface area (Å²) in [5.41, 5.74) is 2.23. The van der Waals surface area contributed by atoms with Crippen LogP contribution in [0, 0.1) is 11.8 Å². The molecule has 1 aromatic rings. The molecule has 1 aliphatic heterocycles. The molecule has 4 rings (SSSR count). The second kappa shape index (κ2) is 3.33. The maximum atomic E-state index is 11.1. The minimum atomic E-state index is -0.477. The quantitative estimate of drug-likeness (QED) is 0.775. The molecule has 17 heavy (non-hydrogen) atoms. The molecule has 1 aromatic carbocycles. The van der Waals surface area contributed by atoms with E-state index in [9.17, 15) is 5.11 Å². The second-order valence-electron chi connectivity index (χ2n) is 6.08. The maximum Gasteiger partial charge on any atom is 0.0872 e. The van der Waals surface area contributed by atoms with Crippen molar-refractivity contribution in [2.24, 2.45) is 11.8 Å². The Balaban J connectivity index is 1.73. The molecule has 4 atom stereocenters. The summed E-state index contributed by atoms with van der Waals surface area (Å²) in [6.07, 6.45) is 4.81. The van der Waals surface area contributed by atoms with Gasteiger partial charge in [0.05, 0.1) is 11.6 Å². The van der Waals surface area contributed by atoms with Gasteiger partial charge in [0, 0.05) is 6.54 Å². The standard InChI is InChI=1S/C15H19NO/c17-15(8-10-5-6-12(15)7-10)14-13-4-2-1-3-11(13)9-16-14/h1-4,10,12,14,16-17H,5-9H2. The highest BCUT2D eigenvalue weighted by Crippen LogP contribution is 2.56. The van der Waals surface area contributed by atoms with Gasteiger partial charge in [0.1, 0.15) is 0 Å². The molecule has 1 heterocycles. The maximum absolute atomic E-state index is 11.1. The molecular formula is C15H19NO. The van der Waals surface area contributed by atoms with Crippen LogP contribution in [-0.2, 0) is 6.54 Å². The van der Waals surface area contributed by atoms with E-state index in [0.717, 1.165) is 18.9 Å². The van der Waals surface area contributed by atoms with Crippen LogP contribution in [0.2, 0.25) is 0 Å². The van der Waals surface area contributed by atoms with Crippen LogP contribution < -0.4 is 5.32 Å². The zero-order valence-corrected chi connectivity index (χ0v) is 10.0. The average Bonchev–Trinajstić information content (AvgIpc) is 3.01. The lowest BCUT2D eigenvalue weighted by Gasteiger charge is -2.38. The van der Waals surface area contributed by atoms with Gasteiger partial charge in [-0.25, -0.2) is 0 Å². The van der Waals surface area contributed by atoms with Crippen molar-refractivity contribution < 1.29 is 5.11 Å². The summed E-state index contributed by atoms with van der Waals surface area (Å²) in [5.74, 6) is 1.30. The minimum Gasteiger partial charge on any atom is -0.388 e. The van der Waals surface area contributed by atoms with Crippen LogP contribution >= 0.6 is 0 Å². The molecule has 2 N–H and O–H groups in total. The van der Waals surface area contributed by atoms with E-state index in [1.54, 1.807) is 0 Å². The van der Waals surface area contributed by atoms with Gasteiger partial charge < -0.3 is 10.4 Å². The Morgan fingerprint density at radius 1 is 1.24 bits per heavy atom. The van der Waals surface area contributed by atoms with Crippen LogP contribution in [0.4, 0.5) is 0 Å². The van der Waals surface area contributed by atoms with Crippen LogP contribution in [0.3, 0.4) is 0 Å². The predicted octanol–water partition coefficient (Wildman–Crippen LogP) is 2.38. The lowest BCUT2D eigenvalue weighted by Crippen LogP contribution is -2.45. The SMILES string of the molecule is OC1(C2NCc3ccccc32)CC2CCC1C2. The molecule has 2 nitrogen and oxygen atoms in total. The fourth-order valence-corrected chi connectivity index (χ4v) is 4.44. The van der Waals surface area contributed by atoms with Crippen LogP contribution in [0.1, 0.15) is 42.9 Å². The summed E-state index contributed by atoms with van der Waals surface area (Å²) < 4.78 is 0. The number of hydrogen-bond acceptors (Lipinski definition) is 2. The van der Waals surface area contributed by atoms with E-state index in [4.69, 9.17) is 0 Å². The van der Waals surface area contributed by atoms with E-state index in [0.29, 0.717) is 5.92 Å². The molecule has 2 bridgehead atoms. The van der Waals surface area contributed by atoms with E-state index >= 15 is 0 Å². The topological polar surface area (TPSA) is 32.3 Å². The van der Waals surface area contributed by atoms with E-state index < -0.39 is 5.60 Å². The molecule has 2 saturated carbocycles. The lowest BCUT2D eigenvalue weighted by molar-refractivity contribution is -0.0448. The van der Waals surface area contributed by atoms with Crippen molar-refractivity contribution in [3.63, 3.8) is 0 Å². The molecule has 0 saturated heterocycles. The molecular weight excluding hydrogens is 210 g/mol. The Labute approximate surface area is 102 Å². The number of aliphatic hydroxyl groups is 1. The van der Waals surface area contributed by atoms with Gasteiger partial charge in [-0.05, 0) is 48.6 Å². The van der Waals surface area contributed by atoms with Gasteiger partial charge in [0.15, 0.2) is 0 Å². The van der Waals surface area contributed by atoms with Gasteiger partial charge in [0.25, 0.3) is 0 Å². The summed E-state index contributed by atoms with van der Waals surface area (Å²) >= 11 is 0. The van der Waals surface area contributed by atoms with E-state index in [2.05, 4.69) is 29.6 Å². The van der Waals surface area contributed by atoms with Crippen LogP contribution in [0.5, 0.6) is 0 Å². The molecule has 0 radical (unpaired) electrons. The van der Waals surface area contributed by atoms with Gasteiger partial charge in [-0.15, -0.1) is 0 Å². The summed E-state index contributed by atoms with van der Waals surface area (Å²) in [5, 5.41) is 14.6. The zero-order valence-electron chi connectivity index (χ0n) is 10.0. The third kappa shape index (κ3) is 1.28. The number of hydrogen-bond donors (Lipinski definition) is 2. The first kappa shape index (κ1) is 10.1. The van der Waals surface area contributed by atoms with Gasteiger partial charge >= 0.3 is 0 Å². The van der Waals surface area contributed by atoms with Crippen molar-refractivity contribution >= 4 is 0 Å². The lowest BCUT2D eigenvalue weighted by atomic mass is 9.76. The summed E-state index contributed by atoms with van der Waals surface area (Å²) in [4.78, 5) is 0. The molecule has 2 fully saturated rings. The van der Waals surface area contributed by atoms with Crippen molar-refractivity contribution in [2.45, 2.75) is 43.9 Å². The molecule has 0 amide bonds. The Morgan fingerprint density at radius 3 is 2.88 bits per heavy atom. The van der Waals surface area contributed by atoms with Crippen LogP contribution in [0.25, 0.3) is 0 Å². The van der Waals surface area contributed by atoms with Gasteiger partial charge in [-0.2, -0.15) is 0 Å². The van der Waals surface area contributed by atoms with Gasteiger partial charge in [-0.1, -0.05) is 24.3 Å². The van der Waals surface area contributed by atoms with Crippen molar-refractivity contribution in [2.75, 3.05) is 0 Å². The largest absolute Gasteiger partial charge is 0.388 e. The summed E-state index contributed by atoms with van der Waals surface area (Å²) in [7, 11) is 0. The van der Waals surface area contributed by atoms with Gasteiger partial charge in [0.2, 0.25) is 0 Å². The van der Waals surface area contributed by atoms with Crippen molar-refractivity contribution in [3.8, 4) is 0 Å². The van der Waals surface area contributed by atoms with Gasteiger partial charge in [-0.3, -0.25) is 0 Å². The summed E-state index contributed by atoms with van der Waals surface area (Å²) in [6.45, 7) is 0.917. The highest BCUT2D eigenvalue weighted by molar-refractivity contribution is 5.36. The van der Waals surface area contributed by atoms with Crippen molar-refractivity contribution in [1.82, 2.24) is 5.32 Å². The molecule has 0 spiro atoms. The Hall–Kier alpha value is -0.860. The smallest absolute Gasteiger partial charge is 0.0872 e. The number of benzene rings is 1. The first-order valence-electron chi connectivity index (χ1n) is 6.81. The summed E-state index contributed by atoms with van der Waals surface area (Å²) in [6, 6.07) is 8.72. The van der Waals surface area contributed by atoms with Crippen LogP contribution in [-0.4, -0.2) is 10.7 Å². The number of fused-ring (bicyclic) bond motifs is 3. The molecule has 3 aliphatic rings. The molecule has 2 heteroatoms. The highest BCUT2D eigenvalue weighted by atomic mass is 16.3. The highest BCUT2D eigenvalue weighted by Gasteiger charge is 2.55. The Morgan fingerprint density at radius 2 is 2.12 bits per heavy atom. The molecule has 4 unspecified atom stereocenters.